The molecule has 0 aliphatic heterocycles. The molecule has 1 heterocycles. The predicted octanol–water partition coefficient (Wildman–Crippen LogP) is 2.40. The highest BCUT2D eigenvalue weighted by Crippen LogP contribution is 2.17. The first-order chi connectivity index (χ1) is 4.13. The number of aromatic nitrogens is 1. The molecule has 1 nitrogen and oxygen atoms in total. The van der Waals surface area contributed by atoms with Crippen molar-refractivity contribution < 1.29 is 0 Å². The van der Waals surface area contributed by atoms with Crippen LogP contribution in [-0.2, 0) is 7.05 Å². The Bertz CT molecular complexity index is 203. The van der Waals surface area contributed by atoms with Gasteiger partial charge in [0.15, 0.2) is 0 Å². The minimum absolute atomic E-state index is 1.15. The third-order valence-corrected chi connectivity index (χ3v) is 2.49. The molecule has 0 N–H and O–H groups in total. The van der Waals surface area contributed by atoms with Gasteiger partial charge in [-0.05, 0) is 41.4 Å². The number of hydrogen-bond acceptors (Lipinski definition) is 0. The number of halogens is 1. The van der Waals surface area contributed by atoms with Crippen LogP contribution in [0, 0.1) is 13.8 Å². The SMILES string of the molecule is Cc1cc(Br)n(C)c1C. The molecule has 0 aliphatic carbocycles. The Kier molecular flexibility index (Phi) is 1.66. The molecule has 0 atom stereocenters. The fourth-order valence-electron chi connectivity index (χ4n) is 0.805. The van der Waals surface area contributed by atoms with Crippen molar-refractivity contribution in [2.24, 2.45) is 7.05 Å². The quantitative estimate of drug-likeness (QED) is 0.589. The van der Waals surface area contributed by atoms with E-state index >= 15 is 0 Å². The monoisotopic (exact) mass is 187 g/mol. The maximum Gasteiger partial charge on any atom is 0.0848 e. The van der Waals surface area contributed by atoms with Gasteiger partial charge in [-0.15, -0.1) is 0 Å². The highest BCUT2D eigenvalue weighted by atomic mass is 79.9. The molecule has 0 fully saturated rings. The van der Waals surface area contributed by atoms with Crippen LogP contribution in [0.15, 0.2) is 10.7 Å². The van der Waals surface area contributed by atoms with Crippen LogP contribution < -0.4 is 0 Å². The summed E-state index contributed by atoms with van der Waals surface area (Å²) >= 11 is 3.43. The average molecular weight is 188 g/mol. The van der Waals surface area contributed by atoms with Gasteiger partial charge < -0.3 is 4.57 Å². The Balaban J connectivity index is 3.29. The predicted molar refractivity (Wildman–Crippen MR) is 42.6 cm³/mol. The van der Waals surface area contributed by atoms with Gasteiger partial charge in [0.25, 0.3) is 0 Å². The lowest BCUT2D eigenvalue weighted by atomic mass is 10.3. The van der Waals surface area contributed by atoms with Gasteiger partial charge in [0, 0.05) is 12.7 Å². The molecule has 0 spiro atoms. The van der Waals surface area contributed by atoms with Crippen LogP contribution in [0.5, 0.6) is 0 Å². The second-order valence-electron chi connectivity index (χ2n) is 2.29. The summed E-state index contributed by atoms with van der Waals surface area (Å²) in [6.45, 7) is 4.22. The van der Waals surface area contributed by atoms with E-state index in [1.165, 1.54) is 11.3 Å². The lowest BCUT2D eigenvalue weighted by molar-refractivity contribution is 0.855. The van der Waals surface area contributed by atoms with Gasteiger partial charge in [-0.3, -0.25) is 0 Å². The van der Waals surface area contributed by atoms with Crippen LogP contribution >= 0.6 is 15.9 Å². The Labute approximate surface area is 63.8 Å². The molecule has 0 amide bonds. The van der Waals surface area contributed by atoms with E-state index in [4.69, 9.17) is 0 Å². The largest absolute Gasteiger partial charge is 0.343 e. The zero-order valence-corrected chi connectivity index (χ0v) is 7.49. The standard InChI is InChI=1S/C7H10BrN/c1-5-4-7(8)9(3)6(5)2/h4H,1-3H3. The fourth-order valence-corrected chi connectivity index (χ4v) is 1.41. The molecule has 9 heavy (non-hydrogen) atoms. The van der Waals surface area contributed by atoms with Gasteiger partial charge in [0.2, 0.25) is 0 Å². The van der Waals surface area contributed by atoms with Crippen molar-refractivity contribution in [2.75, 3.05) is 0 Å². The van der Waals surface area contributed by atoms with E-state index in [9.17, 15) is 0 Å². The first-order valence-corrected chi connectivity index (χ1v) is 3.70. The van der Waals surface area contributed by atoms with Gasteiger partial charge >= 0.3 is 0 Å². The summed E-state index contributed by atoms with van der Waals surface area (Å²) in [7, 11) is 2.05. The third kappa shape index (κ3) is 1.04. The molecule has 0 unspecified atom stereocenters. The molecule has 50 valence electrons. The van der Waals surface area contributed by atoms with Crippen LogP contribution in [0.3, 0.4) is 0 Å². The molecule has 0 radical (unpaired) electrons. The molecule has 0 aromatic carbocycles. The molecule has 2 heteroatoms. The van der Waals surface area contributed by atoms with Crippen molar-refractivity contribution >= 4 is 15.9 Å². The smallest absolute Gasteiger partial charge is 0.0848 e. The second-order valence-corrected chi connectivity index (χ2v) is 3.11. The van der Waals surface area contributed by atoms with Gasteiger partial charge in [-0.2, -0.15) is 0 Å². The summed E-state index contributed by atoms with van der Waals surface area (Å²) in [6.07, 6.45) is 0. The maximum absolute atomic E-state index is 3.43. The fraction of sp³-hybridized carbons (Fsp3) is 0.429. The maximum atomic E-state index is 3.43. The van der Waals surface area contributed by atoms with E-state index in [1.54, 1.807) is 0 Å². The average Bonchev–Trinajstić information content (AvgIpc) is 1.98. The van der Waals surface area contributed by atoms with Crippen molar-refractivity contribution in [3.8, 4) is 0 Å². The van der Waals surface area contributed by atoms with Crippen LogP contribution in [0.1, 0.15) is 11.3 Å². The molecule has 1 rings (SSSR count). The molecule has 0 saturated carbocycles. The first-order valence-electron chi connectivity index (χ1n) is 2.91. The zero-order valence-electron chi connectivity index (χ0n) is 5.90. The van der Waals surface area contributed by atoms with Crippen LogP contribution in [0.25, 0.3) is 0 Å². The first kappa shape index (κ1) is 6.87. The highest BCUT2D eigenvalue weighted by molar-refractivity contribution is 9.10. The van der Waals surface area contributed by atoms with Crippen molar-refractivity contribution in [3.63, 3.8) is 0 Å². The van der Waals surface area contributed by atoms with Crippen LogP contribution in [-0.4, -0.2) is 4.57 Å². The number of aryl methyl sites for hydroxylation is 1. The summed E-state index contributed by atoms with van der Waals surface area (Å²) in [5, 5.41) is 0. The minimum atomic E-state index is 1.15. The molecule has 1 aromatic rings. The van der Waals surface area contributed by atoms with E-state index in [0.717, 1.165) is 4.60 Å². The third-order valence-electron chi connectivity index (χ3n) is 1.73. The molecule has 0 bridgehead atoms. The van der Waals surface area contributed by atoms with Crippen molar-refractivity contribution in [3.05, 3.63) is 21.9 Å². The molecule has 0 aliphatic rings. The van der Waals surface area contributed by atoms with Crippen molar-refractivity contribution in [2.45, 2.75) is 13.8 Å². The van der Waals surface area contributed by atoms with E-state index < -0.39 is 0 Å². The lowest BCUT2D eigenvalue weighted by Crippen LogP contribution is -1.89. The summed E-state index contributed by atoms with van der Waals surface area (Å²) < 4.78 is 3.27. The van der Waals surface area contributed by atoms with Crippen LogP contribution in [0.2, 0.25) is 0 Å². The number of nitrogens with zero attached hydrogens (tertiary/aromatic N) is 1. The van der Waals surface area contributed by atoms with E-state index in [0.29, 0.717) is 0 Å². The summed E-state index contributed by atoms with van der Waals surface area (Å²) in [5.41, 5.74) is 2.66. The number of hydrogen-bond donors (Lipinski definition) is 0. The van der Waals surface area contributed by atoms with Gasteiger partial charge in [-0.1, -0.05) is 0 Å². The number of rotatable bonds is 0. The Hall–Kier alpha value is -0.240. The molecule has 1 aromatic heterocycles. The topological polar surface area (TPSA) is 4.93 Å². The summed E-state index contributed by atoms with van der Waals surface area (Å²) in [4.78, 5) is 0. The summed E-state index contributed by atoms with van der Waals surface area (Å²) in [6, 6.07) is 2.12. The molecular formula is C7H10BrN. The second kappa shape index (κ2) is 2.18. The lowest BCUT2D eigenvalue weighted by Gasteiger charge is -1.96. The van der Waals surface area contributed by atoms with Crippen molar-refractivity contribution in [1.29, 1.82) is 0 Å². The van der Waals surface area contributed by atoms with Gasteiger partial charge in [0.1, 0.15) is 0 Å². The normalized spacial score (nSPS) is 10.2. The summed E-state index contributed by atoms with van der Waals surface area (Å²) in [5.74, 6) is 0. The van der Waals surface area contributed by atoms with Crippen molar-refractivity contribution in [1.82, 2.24) is 4.57 Å². The Morgan fingerprint density at radius 3 is 2.11 bits per heavy atom. The van der Waals surface area contributed by atoms with E-state index in [2.05, 4.69) is 40.4 Å². The Morgan fingerprint density at radius 2 is 2.00 bits per heavy atom. The zero-order chi connectivity index (χ0) is 7.02. The minimum Gasteiger partial charge on any atom is -0.343 e. The van der Waals surface area contributed by atoms with Gasteiger partial charge in [-0.25, -0.2) is 0 Å². The van der Waals surface area contributed by atoms with Gasteiger partial charge in [0.05, 0.1) is 4.60 Å². The highest BCUT2D eigenvalue weighted by Gasteiger charge is 2.00. The van der Waals surface area contributed by atoms with Crippen LogP contribution in [0.4, 0.5) is 0 Å². The Morgan fingerprint density at radius 1 is 1.44 bits per heavy atom. The van der Waals surface area contributed by atoms with E-state index in [1.807, 2.05) is 7.05 Å². The van der Waals surface area contributed by atoms with E-state index in [-0.39, 0.29) is 0 Å². The molecular weight excluding hydrogens is 178 g/mol. The molecule has 0 saturated heterocycles.